The molecule has 2 aliphatic heterocycles. The fourth-order valence-electron chi connectivity index (χ4n) is 5.01. The largest absolute Gasteiger partial charge is 0.370 e. The molecular weight excluding hydrogens is 441 g/mol. The Bertz CT molecular complexity index is 1160. The highest BCUT2D eigenvalue weighted by atomic mass is 19.1. The number of benzene rings is 2. The molecule has 35 heavy (non-hydrogen) atoms. The summed E-state index contributed by atoms with van der Waals surface area (Å²) in [6.07, 6.45) is 5.05. The molecule has 0 unspecified atom stereocenters. The highest BCUT2D eigenvalue weighted by Gasteiger charge is 2.24. The lowest BCUT2D eigenvalue weighted by Gasteiger charge is -2.30. The molecule has 5 rings (SSSR count). The highest BCUT2D eigenvalue weighted by Crippen LogP contribution is 2.29. The van der Waals surface area contributed by atoms with Crippen LogP contribution in [0, 0.1) is 5.82 Å². The fourth-order valence-corrected chi connectivity index (χ4v) is 5.01. The van der Waals surface area contributed by atoms with Crippen molar-refractivity contribution in [1.82, 2.24) is 19.8 Å². The predicted molar refractivity (Wildman–Crippen MR) is 136 cm³/mol. The van der Waals surface area contributed by atoms with Gasteiger partial charge in [0.15, 0.2) is 5.82 Å². The molecule has 0 atom stereocenters. The third kappa shape index (κ3) is 5.74. The second kappa shape index (κ2) is 11.1. The Labute approximate surface area is 206 Å². The van der Waals surface area contributed by atoms with E-state index in [1.54, 1.807) is 12.1 Å². The molecule has 0 aliphatic carbocycles. The van der Waals surface area contributed by atoms with E-state index in [1.807, 2.05) is 6.07 Å². The van der Waals surface area contributed by atoms with Crippen LogP contribution in [-0.4, -0.2) is 58.8 Å². The van der Waals surface area contributed by atoms with Gasteiger partial charge in [0.2, 0.25) is 0 Å². The summed E-state index contributed by atoms with van der Waals surface area (Å²) in [7, 11) is 0. The molecule has 0 saturated carbocycles. The minimum Gasteiger partial charge on any atom is -0.370 e. The van der Waals surface area contributed by atoms with Gasteiger partial charge in [0, 0.05) is 43.7 Å². The second-order valence-electron chi connectivity index (χ2n) is 9.45. The van der Waals surface area contributed by atoms with Crippen molar-refractivity contribution in [3.05, 3.63) is 76.7 Å². The summed E-state index contributed by atoms with van der Waals surface area (Å²) in [6.45, 7) is 6.79. The zero-order valence-electron chi connectivity index (χ0n) is 20.0. The van der Waals surface area contributed by atoms with E-state index in [-0.39, 0.29) is 0 Å². The van der Waals surface area contributed by atoms with Crippen LogP contribution in [0.25, 0.3) is 11.4 Å². The van der Waals surface area contributed by atoms with Crippen LogP contribution >= 0.6 is 0 Å². The Morgan fingerprint density at radius 1 is 1.00 bits per heavy atom. The Morgan fingerprint density at radius 2 is 1.83 bits per heavy atom. The van der Waals surface area contributed by atoms with E-state index in [2.05, 4.69) is 39.4 Å². The van der Waals surface area contributed by atoms with Crippen molar-refractivity contribution in [2.75, 3.05) is 38.0 Å². The van der Waals surface area contributed by atoms with Crippen LogP contribution in [0.3, 0.4) is 0 Å². The van der Waals surface area contributed by atoms with Crippen LogP contribution in [0.1, 0.15) is 46.4 Å². The van der Waals surface area contributed by atoms with Crippen LogP contribution in [-0.2, 0) is 19.5 Å². The summed E-state index contributed by atoms with van der Waals surface area (Å²) < 4.78 is 14.8. The molecule has 0 amide bonds. The molecular formula is C28H32FN5O. The molecule has 3 heterocycles. The molecule has 7 heteroatoms. The molecule has 6 nitrogen and oxygen atoms in total. The number of likely N-dealkylation sites (tertiary alicyclic amines) is 1. The van der Waals surface area contributed by atoms with Crippen LogP contribution in [0.15, 0.2) is 48.5 Å². The van der Waals surface area contributed by atoms with Crippen molar-refractivity contribution in [3.63, 3.8) is 0 Å². The Kier molecular flexibility index (Phi) is 7.45. The standard InChI is InChI=1S/C28H32FN5O/c29-25-17-22(20-35)9-10-23(25)28-31-26-11-16-34(18-21-7-2-1-3-8-21)19-24(26)27(32-28)30-12-6-15-33-13-4-5-14-33/h1-3,7-10,17,20H,4-6,11-16,18-19H2,(H,30,31,32). The van der Waals surface area contributed by atoms with Gasteiger partial charge in [0.05, 0.1) is 11.3 Å². The fraction of sp³-hybridized carbons (Fsp3) is 0.393. The normalized spacial score (nSPS) is 16.3. The predicted octanol–water partition coefficient (Wildman–Crippen LogP) is 4.55. The average molecular weight is 474 g/mol. The molecule has 2 aromatic carbocycles. The van der Waals surface area contributed by atoms with Crippen LogP contribution < -0.4 is 5.32 Å². The molecule has 1 N–H and O–H groups in total. The van der Waals surface area contributed by atoms with E-state index in [1.165, 1.54) is 37.6 Å². The van der Waals surface area contributed by atoms with E-state index in [0.29, 0.717) is 23.2 Å². The van der Waals surface area contributed by atoms with E-state index >= 15 is 0 Å². The van der Waals surface area contributed by atoms with Crippen molar-refractivity contribution in [2.24, 2.45) is 0 Å². The third-order valence-electron chi connectivity index (χ3n) is 6.90. The van der Waals surface area contributed by atoms with Gasteiger partial charge in [-0.05, 0) is 56.6 Å². The first-order chi connectivity index (χ1) is 17.2. The number of fused-ring (bicyclic) bond motifs is 1. The molecule has 0 radical (unpaired) electrons. The number of halogens is 1. The lowest BCUT2D eigenvalue weighted by Crippen LogP contribution is -2.32. The lowest BCUT2D eigenvalue weighted by molar-refractivity contribution is 0.112. The molecule has 1 aromatic heterocycles. The minimum atomic E-state index is -0.476. The number of anilines is 1. The smallest absolute Gasteiger partial charge is 0.164 e. The Morgan fingerprint density at radius 3 is 2.60 bits per heavy atom. The second-order valence-corrected chi connectivity index (χ2v) is 9.45. The number of nitrogens with zero attached hydrogens (tertiary/aromatic N) is 4. The number of nitrogens with one attached hydrogen (secondary N) is 1. The summed E-state index contributed by atoms with van der Waals surface area (Å²) in [5.41, 5.74) is 3.99. The molecule has 0 spiro atoms. The first-order valence-corrected chi connectivity index (χ1v) is 12.6. The van der Waals surface area contributed by atoms with Gasteiger partial charge in [-0.1, -0.05) is 36.4 Å². The number of aldehydes is 1. The Balaban J connectivity index is 1.38. The van der Waals surface area contributed by atoms with Gasteiger partial charge in [0.25, 0.3) is 0 Å². The molecule has 1 saturated heterocycles. The monoisotopic (exact) mass is 473 g/mol. The van der Waals surface area contributed by atoms with Crippen LogP contribution in [0.5, 0.6) is 0 Å². The molecule has 2 aliphatic rings. The highest BCUT2D eigenvalue weighted by molar-refractivity contribution is 5.76. The number of hydrogen-bond acceptors (Lipinski definition) is 6. The van der Waals surface area contributed by atoms with Gasteiger partial charge < -0.3 is 10.2 Å². The molecule has 0 bridgehead atoms. The van der Waals surface area contributed by atoms with E-state index < -0.39 is 5.82 Å². The third-order valence-corrected chi connectivity index (χ3v) is 6.90. The number of rotatable bonds is 9. The quantitative estimate of drug-likeness (QED) is 0.363. The van der Waals surface area contributed by atoms with Gasteiger partial charge in [-0.3, -0.25) is 9.69 Å². The van der Waals surface area contributed by atoms with Gasteiger partial charge in [0.1, 0.15) is 17.9 Å². The zero-order chi connectivity index (χ0) is 24.0. The topological polar surface area (TPSA) is 61.4 Å². The van der Waals surface area contributed by atoms with Crippen molar-refractivity contribution in [1.29, 1.82) is 0 Å². The van der Waals surface area contributed by atoms with Crippen molar-refractivity contribution in [3.8, 4) is 11.4 Å². The van der Waals surface area contributed by atoms with E-state index in [4.69, 9.17) is 9.97 Å². The molecule has 182 valence electrons. The van der Waals surface area contributed by atoms with Gasteiger partial charge in [-0.25, -0.2) is 14.4 Å². The number of hydrogen-bond donors (Lipinski definition) is 1. The van der Waals surface area contributed by atoms with Crippen molar-refractivity contribution in [2.45, 2.75) is 38.8 Å². The zero-order valence-corrected chi connectivity index (χ0v) is 20.0. The van der Waals surface area contributed by atoms with Crippen LogP contribution in [0.2, 0.25) is 0 Å². The summed E-state index contributed by atoms with van der Waals surface area (Å²) in [4.78, 5) is 25.5. The maximum atomic E-state index is 14.8. The number of aromatic nitrogens is 2. The van der Waals surface area contributed by atoms with Gasteiger partial charge in [-0.15, -0.1) is 0 Å². The lowest BCUT2D eigenvalue weighted by atomic mass is 10.0. The SMILES string of the molecule is O=Cc1ccc(-c2nc3c(c(NCCCN4CCCC4)n2)CN(Cc2ccccc2)CC3)c(F)c1. The average Bonchev–Trinajstić information content (AvgIpc) is 3.41. The summed E-state index contributed by atoms with van der Waals surface area (Å²) >= 11 is 0. The van der Waals surface area contributed by atoms with E-state index in [9.17, 15) is 9.18 Å². The van der Waals surface area contributed by atoms with Gasteiger partial charge in [-0.2, -0.15) is 0 Å². The minimum absolute atomic E-state index is 0.307. The summed E-state index contributed by atoms with van der Waals surface area (Å²) in [6, 6.07) is 14.9. The van der Waals surface area contributed by atoms with Crippen LogP contribution in [0.4, 0.5) is 10.2 Å². The molecule has 3 aromatic rings. The van der Waals surface area contributed by atoms with Gasteiger partial charge >= 0.3 is 0 Å². The number of carbonyl (C=O) groups excluding carboxylic acids is 1. The number of carbonyl (C=O) groups is 1. The van der Waals surface area contributed by atoms with E-state index in [0.717, 1.165) is 62.6 Å². The maximum absolute atomic E-state index is 14.8. The summed E-state index contributed by atoms with van der Waals surface area (Å²) in [5, 5.41) is 3.55. The Hall–Kier alpha value is -3.16. The van der Waals surface area contributed by atoms with Crippen molar-refractivity contribution < 1.29 is 9.18 Å². The summed E-state index contributed by atoms with van der Waals surface area (Å²) in [5.74, 6) is 0.691. The first-order valence-electron chi connectivity index (χ1n) is 12.6. The molecule has 1 fully saturated rings. The first kappa shape index (κ1) is 23.6. The van der Waals surface area contributed by atoms with Crippen molar-refractivity contribution >= 4 is 12.1 Å². The maximum Gasteiger partial charge on any atom is 0.164 e.